The summed E-state index contributed by atoms with van der Waals surface area (Å²) in [6.45, 7) is 16.0. The highest BCUT2D eigenvalue weighted by Crippen LogP contribution is 2.33. The van der Waals surface area contributed by atoms with Crippen LogP contribution in [0.2, 0.25) is 0 Å². The topological polar surface area (TPSA) is 164 Å². The summed E-state index contributed by atoms with van der Waals surface area (Å²) in [6.07, 6.45) is 0.267. The van der Waals surface area contributed by atoms with Crippen LogP contribution < -0.4 is 5.32 Å². The highest BCUT2D eigenvalue weighted by molar-refractivity contribution is 7.13. The van der Waals surface area contributed by atoms with Gasteiger partial charge in [0.1, 0.15) is 12.6 Å². The molecule has 310 valence electrons. The van der Waals surface area contributed by atoms with Crippen molar-refractivity contribution in [3.05, 3.63) is 41.0 Å². The number of ketones is 1. The Morgan fingerprint density at radius 3 is 1.82 bits per heavy atom. The van der Waals surface area contributed by atoms with Gasteiger partial charge in [0.25, 0.3) is 0 Å². The molecule has 2 heterocycles. The lowest BCUT2D eigenvalue weighted by Gasteiger charge is -2.34. The van der Waals surface area contributed by atoms with Gasteiger partial charge in [-0.05, 0) is 29.9 Å². The molecule has 2 N–H and O–H groups in total. The van der Waals surface area contributed by atoms with E-state index in [0.29, 0.717) is 72.7 Å². The van der Waals surface area contributed by atoms with Gasteiger partial charge in [0.15, 0.2) is 5.78 Å². The number of amides is 2. The largest absolute Gasteiger partial charge is 0.391 e. The predicted octanol–water partition coefficient (Wildman–Crippen LogP) is 3.84. The Balaban J connectivity index is 1.26. The van der Waals surface area contributed by atoms with Crippen molar-refractivity contribution in [1.29, 1.82) is 0 Å². The molecule has 0 radical (unpaired) electrons. The van der Waals surface area contributed by atoms with Crippen molar-refractivity contribution in [1.82, 2.24) is 15.2 Å². The van der Waals surface area contributed by atoms with Crippen molar-refractivity contribution in [2.24, 2.45) is 11.3 Å². The number of carbonyl (C=O) groups excluding carboxylic acids is 3. The predicted molar refractivity (Wildman–Crippen MR) is 209 cm³/mol. The van der Waals surface area contributed by atoms with Gasteiger partial charge in [-0.2, -0.15) is 0 Å². The zero-order valence-electron chi connectivity index (χ0n) is 33.4. The fourth-order valence-electron chi connectivity index (χ4n) is 5.87. The first-order chi connectivity index (χ1) is 26.5. The summed E-state index contributed by atoms with van der Waals surface area (Å²) in [5, 5.41) is 13.4. The average molecular weight is 794 g/mol. The molecule has 1 aromatic carbocycles. The van der Waals surface area contributed by atoms with Crippen molar-refractivity contribution in [2.75, 3.05) is 99.0 Å². The van der Waals surface area contributed by atoms with Crippen molar-refractivity contribution in [3.8, 4) is 10.4 Å². The third-order valence-corrected chi connectivity index (χ3v) is 9.89. The monoisotopic (exact) mass is 793 g/mol. The van der Waals surface area contributed by atoms with E-state index in [-0.39, 0.29) is 56.7 Å². The molecule has 14 nitrogen and oxygen atoms in total. The lowest BCUT2D eigenvalue weighted by atomic mass is 9.77. The first-order valence-corrected chi connectivity index (χ1v) is 20.2. The molecule has 1 saturated heterocycles. The normalized spacial score (nSPS) is 16.4. The summed E-state index contributed by atoms with van der Waals surface area (Å²) in [7, 11) is 0. The fraction of sp³-hybridized carbons (Fsp3) is 0.700. The molecule has 55 heavy (non-hydrogen) atoms. The molecule has 1 aliphatic rings. The number of thiazole rings is 1. The van der Waals surface area contributed by atoms with Gasteiger partial charge in [-0.1, -0.05) is 52.0 Å². The van der Waals surface area contributed by atoms with Crippen molar-refractivity contribution in [2.45, 2.75) is 72.6 Å². The molecular weight excluding hydrogens is 731 g/mol. The van der Waals surface area contributed by atoms with Crippen LogP contribution in [0.4, 0.5) is 0 Å². The molecule has 1 aliphatic heterocycles. The van der Waals surface area contributed by atoms with Gasteiger partial charge in [0.05, 0.1) is 101 Å². The smallest absolute Gasteiger partial charge is 0.243 e. The quantitative estimate of drug-likeness (QED) is 0.115. The molecule has 0 unspecified atom stereocenters. The van der Waals surface area contributed by atoms with Crippen LogP contribution in [0.15, 0.2) is 29.8 Å². The Morgan fingerprint density at radius 2 is 1.35 bits per heavy atom. The number of rotatable bonds is 29. The maximum atomic E-state index is 13.9. The van der Waals surface area contributed by atoms with E-state index in [1.807, 2.05) is 57.5 Å². The van der Waals surface area contributed by atoms with E-state index in [1.54, 1.807) is 11.3 Å². The van der Waals surface area contributed by atoms with Gasteiger partial charge in [-0.15, -0.1) is 11.3 Å². The summed E-state index contributed by atoms with van der Waals surface area (Å²) >= 11 is 1.58. The minimum absolute atomic E-state index is 0.0345. The Bertz CT molecular complexity index is 1390. The maximum Gasteiger partial charge on any atom is 0.243 e. The number of aryl methyl sites for hydroxylation is 1. The zero-order valence-corrected chi connectivity index (χ0v) is 34.2. The van der Waals surface area contributed by atoms with Gasteiger partial charge in [0.2, 0.25) is 11.8 Å². The lowest BCUT2D eigenvalue weighted by Crippen LogP contribution is -2.50. The number of ether oxygens (including phenoxy) is 7. The summed E-state index contributed by atoms with van der Waals surface area (Å²) in [5.74, 6) is -1.58. The van der Waals surface area contributed by atoms with Gasteiger partial charge < -0.3 is 48.5 Å². The number of hydrogen-bond donors (Lipinski definition) is 2. The molecule has 0 saturated carbocycles. The van der Waals surface area contributed by atoms with Crippen LogP contribution >= 0.6 is 11.3 Å². The van der Waals surface area contributed by atoms with E-state index in [9.17, 15) is 19.5 Å². The van der Waals surface area contributed by atoms with Gasteiger partial charge in [0, 0.05) is 38.5 Å². The van der Waals surface area contributed by atoms with E-state index in [2.05, 4.69) is 17.2 Å². The number of hydrogen-bond acceptors (Lipinski definition) is 13. The minimum atomic E-state index is -0.831. The molecular formula is C40H63N3O11S. The van der Waals surface area contributed by atoms with Crippen molar-refractivity contribution < 1.29 is 52.6 Å². The average Bonchev–Trinajstić information content (AvgIpc) is 3.78. The van der Waals surface area contributed by atoms with Crippen LogP contribution in [0.5, 0.6) is 0 Å². The number of β-amino-alcohol motifs (C(OH)–C–C–N with tert-alkyl or cyclic N) is 1. The number of nitrogens with one attached hydrogen (secondary N) is 1. The number of benzene rings is 1. The lowest BCUT2D eigenvalue weighted by molar-refractivity contribution is -0.146. The molecule has 0 bridgehead atoms. The summed E-state index contributed by atoms with van der Waals surface area (Å²) in [5.41, 5.74) is 4.19. The second-order valence-corrected chi connectivity index (χ2v) is 15.3. The highest BCUT2D eigenvalue weighted by Gasteiger charge is 2.44. The Morgan fingerprint density at radius 1 is 0.836 bits per heavy atom. The van der Waals surface area contributed by atoms with Gasteiger partial charge in [-0.3, -0.25) is 14.4 Å². The first-order valence-electron chi connectivity index (χ1n) is 19.3. The Labute approximate surface area is 330 Å². The van der Waals surface area contributed by atoms with Crippen molar-refractivity contribution >= 4 is 28.9 Å². The maximum absolute atomic E-state index is 13.9. The number of aliphatic hydroxyl groups excluding tert-OH is 1. The van der Waals surface area contributed by atoms with E-state index in [0.717, 1.165) is 34.7 Å². The molecule has 2 aromatic rings. The minimum Gasteiger partial charge on any atom is -0.391 e. The number of aliphatic hydroxyl groups is 1. The SMILES string of the molecule is CCCOCCOCCOCCOCCOCCOCCOCC(=O)C[C@H](C(=O)N1C[C@H](O)C[C@H]1C(=O)NCc1ccc(-c2scnc2C)cc1)C(C)(C)C. The fourth-order valence-corrected chi connectivity index (χ4v) is 6.68. The van der Waals surface area contributed by atoms with Crippen molar-refractivity contribution in [3.63, 3.8) is 0 Å². The Hall–Kier alpha value is -2.86. The summed E-state index contributed by atoms with van der Waals surface area (Å²) in [4.78, 5) is 47.0. The van der Waals surface area contributed by atoms with Gasteiger partial charge in [-0.25, -0.2) is 4.98 Å². The van der Waals surface area contributed by atoms with Crippen LogP contribution in [0.3, 0.4) is 0 Å². The van der Waals surface area contributed by atoms with Crippen LogP contribution in [0, 0.1) is 18.3 Å². The van der Waals surface area contributed by atoms with Crippen LogP contribution in [-0.4, -0.2) is 144 Å². The molecule has 1 fully saturated rings. The van der Waals surface area contributed by atoms with E-state index >= 15 is 0 Å². The highest BCUT2D eigenvalue weighted by atomic mass is 32.1. The van der Waals surface area contributed by atoms with Crippen LogP contribution in [0.1, 0.15) is 58.2 Å². The number of likely N-dealkylation sites (tertiary alicyclic amines) is 1. The molecule has 0 aliphatic carbocycles. The summed E-state index contributed by atoms with van der Waals surface area (Å²) in [6, 6.07) is 7.07. The zero-order chi connectivity index (χ0) is 39.9. The molecule has 3 atom stereocenters. The third-order valence-electron chi connectivity index (χ3n) is 8.91. The summed E-state index contributed by atoms with van der Waals surface area (Å²) < 4.78 is 38.3. The van der Waals surface area contributed by atoms with Gasteiger partial charge >= 0.3 is 0 Å². The van der Waals surface area contributed by atoms with E-state index < -0.39 is 23.5 Å². The van der Waals surface area contributed by atoms with Crippen LogP contribution in [0.25, 0.3) is 10.4 Å². The first kappa shape index (κ1) is 46.5. The molecule has 1 aromatic heterocycles. The second-order valence-electron chi connectivity index (χ2n) is 14.5. The molecule has 3 rings (SSSR count). The number of nitrogens with zero attached hydrogens (tertiary/aromatic N) is 2. The molecule has 0 spiro atoms. The Kier molecular flexibility index (Phi) is 22.1. The second kappa shape index (κ2) is 26.1. The van der Waals surface area contributed by atoms with E-state index in [1.165, 1.54) is 4.90 Å². The number of carbonyl (C=O) groups is 3. The molecule has 15 heteroatoms. The molecule has 2 amide bonds. The number of aromatic nitrogens is 1. The van der Waals surface area contributed by atoms with Crippen LogP contribution in [-0.2, 0) is 54.1 Å². The third kappa shape index (κ3) is 17.9. The number of Topliss-reactive ketones (excluding diaryl/α,β-unsaturated/α-hetero) is 1. The van der Waals surface area contributed by atoms with E-state index in [4.69, 9.17) is 33.2 Å². The standard InChI is InChI=1S/C40H63N3O11S/c1-6-11-48-12-13-49-14-15-50-16-17-51-18-19-52-20-21-53-22-23-54-28-34(45)24-35(40(3,4)5)39(47)43-27-33(44)25-36(43)38(46)41-26-31-7-9-32(10-8-31)37-30(2)42-29-55-37/h7-10,29,33,35-36,44H,6,11-28H2,1-5H3,(H,41,46)/t33-,35-,36+/m1/s1.